The molecule has 0 saturated carbocycles. The molecule has 1 unspecified atom stereocenters. The second-order valence-electron chi connectivity index (χ2n) is 6.93. The minimum atomic E-state index is -1.22. The molecule has 0 fully saturated rings. The highest BCUT2D eigenvalue weighted by Gasteiger charge is 2.23. The highest BCUT2D eigenvalue weighted by Crippen LogP contribution is 2.38. The van der Waals surface area contributed by atoms with Crippen molar-refractivity contribution in [1.82, 2.24) is 0 Å². The van der Waals surface area contributed by atoms with Crippen LogP contribution in [0, 0.1) is 0 Å². The Bertz CT molecular complexity index is 1220. The molecular weight excluding hydrogens is 476 g/mol. The first-order chi connectivity index (χ1) is 16.4. The Morgan fingerprint density at radius 1 is 0.971 bits per heavy atom. The van der Waals surface area contributed by atoms with E-state index in [1.165, 1.54) is 18.9 Å². The molecule has 9 heteroatoms. The molecule has 2 amide bonds. The van der Waals surface area contributed by atoms with Crippen LogP contribution in [0.3, 0.4) is 0 Å². The lowest BCUT2D eigenvalue weighted by Gasteiger charge is -2.19. The highest BCUT2D eigenvalue weighted by molar-refractivity contribution is 8.00. The summed E-state index contributed by atoms with van der Waals surface area (Å²) in [5.74, 6) is -1.59. The first kappa shape index (κ1) is 24.9. The van der Waals surface area contributed by atoms with Crippen LogP contribution in [0.4, 0.5) is 11.4 Å². The number of carbonyl (C=O) groups excluding carboxylic acids is 2. The van der Waals surface area contributed by atoms with E-state index in [1.807, 2.05) is 36.4 Å². The third kappa shape index (κ3) is 7.13. The lowest BCUT2D eigenvalue weighted by atomic mass is 10.1. The zero-order valence-corrected chi connectivity index (χ0v) is 19.6. The van der Waals surface area contributed by atoms with Gasteiger partial charge in [0.25, 0.3) is 0 Å². The van der Waals surface area contributed by atoms with E-state index in [9.17, 15) is 14.4 Å². The van der Waals surface area contributed by atoms with Crippen LogP contribution in [-0.2, 0) is 14.4 Å². The third-order valence-corrected chi connectivity index (χ3v) is 5.98. The van der Waals surface area contributed by atoms with Crippen LogP contribution >= 0.6 is 23.4 Å². The van der Waals surface area contributed by atoms with Gasteiger partial charge in [-0.2, -0.15) is 0 Å². The van der Waals surface area contributed by atoms with Gasteiger partial charge in [0.05, 0.1) is 12.8 Å². The summed E-state index contributed by atoms with van der Waals surface area (Å²) >= 11 is 7.40. The summed E-state index contributed by atoms with van der Waals surface area (Å²) in [6.45, 7) is 0. The summed E-state index contributed by atoms with van der Waals surface area (Å²) in [7, 11) is 1.51. The maximum atomic E-state index is 13.3. The van der Waals surface area contributed by atoms with Gasteiger partial charge in [-0.3, -0.25) is 9.59 Å². The quantitative estimate of drug-likeness (QED) is 0.270. The smallest absolute Gasteiger partial charge is 0.328 e. The average molecular weight is 497 g/mol. The summed E-state index contributed by atoms with van der Waals surface area (Å²) < 4.78 is 5.33. The predicted molar refractivity (Wildman–Crippen MR) is 134 cm³/mol. The lowest BCUT2D eigenvalue weighted by Crippen LogP contribution is -2.19. The van der Waals surface area contributed by atoms with Gasteiger partial charge in [-0.25, -0.2) is 4.79 Å². The lowest BCUT2D eigenvalue weighted by molar-refractivity contribution is -0.131. The molecule has 0 aromatic heterocycles. The number of carboxylic acids is 1. The van der Waals surface area contributed by atoms with Crippen molar-refractivity contribution < 1.29 is 24.2 Å². The topological polar surface area (TPSA) is 105 Å². The number of halogens is 1. The largest absolute Gasteiger partial charge is 0.495 e. The second-order valence-corrected chi connectivity index (χ2v) is 8.55. The number of nitrogens with one attached hydrogen (secondary N) is 2. The molecule has 0 saturated heterocycles. The van der Waals surface area contributed by atoms with Crippen LogP contribution in [0.2, 0.25) is 5.02 Å². The average Bonchev–Trinajstić information content (AvgIpc) is 2.82. The molecule has 174 valence electrons. The van der Waals surface area contributed by atoms with Gasteiger partial charge in [-0.15, -0.1) is 11.8 Å². The number of anilines is 2. The van der Waals surface area contributed by atoms with Gasteiger partial charge in [0, 0.05) is 27.8 Å². The fourth-order valence-electron chi connectivity index (χ4n) is 2.99. The van der Waals surface area contributed by atoms with Gasteiger partial charge in [-0.05, 0) is 42.0 Å². The molecule has 0 aliphatic rings. The summed E-state index contributed by atoms with van der Waals surface area (Å²) in [5, 5.41) is 14.0. The van der Waals surface area contributed by atoms with Crippen LogP contribution in [0.15, 0.2) is 89.8 Å². The van der Waals surface area contributed by atoms with Crippen LogP contribution in [-0.4, -0.2) is 30.0 Å². The fourth-order valence-corrected chi connectivity index (χ4v) is 4.25. The second kappa shape index (κ2) is 11.9. The van der Waals surface area contributed by atoms with Crippen molar-refractivity contribution in [3.05, 3.63) is 95.5 Å². The van der Waals surface area contributed by atoms with Crippen molar-refractivity contribution >= 4 is 52.5 Å². The number of methoxy groups -OCH3 is 1. The van der Waals surface area contributed by atoms with Gasteiger partial charge in [-0.1, -0.05) is 48.0 Å². The zero-order valence-electron chi connectivity index (χ0n) is 18.0. The van der Waals surface area contributed by atoms with Crippen molar-refractivity contribution in [2.75, 3.05) is 17.7 Å². The van der Waals surface area contributed by atoms with Gasteiger partial charge >= 0.3 is 5.97 Å². The normalized spacial score (nSPS) is 11.6. The maximum absolute atomic E-state index is 13.3. The van der Waals surface area contributed by atoms with E-state index < -0.39 is 17.1 Å². The van der Waals surface area contributed by atoms with Crippen molar-refractivity contribution in [3.63, 3.8) is 0 Å². The van der Waals surface area contributed by atoms with E-state index >= 15 is 0 Å². The predicted octanol–water partition coefficient (Wildman–Crippen LogP) is 5.40. The van der Waals surface area contributed by atoms with Gasteiger partial charge in [0.2, 0.25) is 11.8 Å². The van der Waals surface area contributed by atoms with Gasteiger partial charge in [0.15, 0.2) is 0 Å². The molecule has 0 radical (unpaired) electrons. The highest BCUT2D eigenvalue weighted by atomic mass is 35.5. The molecule has 0 heterocycles. The Hall–Kier alpha value is -3.75. The SMILES string of the molecule is COc1ccc(Cl)cc1NC(=O)C(Sc1cccc(NC(=O)/C=C/C(=O)O)c1)c1ccccc1. The first-order valence-electron chi connectivity index (χ1n) is 10.0. The molecule has 1 atom stereocenters. The molecule has 0 bridgehead atoms. The van der Waals surface area contributed by atoms with E-state index in [4.69, 9.17) is 21.4 Å². The van der Waals surface area contributed by atoms with E-state index in [0.717, 1.165) is 22.6 Å². The number of benzene rings is 3. The van der Waals surface area contributed by atoms with Crippen LogP contribution < -0.4 is 15.4 Å². The Balaban J connectivity index is 1.84. The van der Waals surface area contributed by atoms with Gasteiger partial charge < -0.3 is 20.5 Å². The van der Waals surface area contributed by atoms with Crippen LogP contribution in [0.25, 0.3) is 0 Å². The van der Waals surface area contributed by atoms with Crippen molar-refractivity contribution in [2.45, 2.75) is 10.1 Å². The summed E-state index contributed by atoms with van der Waals surface area (Å²) in [6.07, 6.45) is 1.69. The Morgan fingerprint density at radius 3 is 2.44 bits per heavy atom. The van der Waals surface area contributed by atoms with E-state index in [1.54, 1.807) is 36.4 Å². The number of aliphatic carboxylic acids is 1. The number of ether oxygens (including phenoxy) is 1. The molecule has 3 aromatic carbocycles. The van der Waals surface area contributed by atoms with E-state index in [-0.39, 0.29) is 5.91 Å². The van der Waals surface area contributed by atoms with E-state index in [2.05, 4.69) is 10.6 Å². The molecule has 34 heavy (non-hydrogen) atoms. The number of hydrogen-bond donors (Lipinski definition) is 3. The van der Waals surface area contributed by atoms with E-state index in [0.29, 0.717) is 22.1 Å². The fraction of sp³-hybridized carbons (Fsp3) is 0.0800. The first-order valence-corrected chi connectivity index (χ1v) is 11.3. The number of carbonyl (C=O) groups is 3. The van der Waals surface area contributed by atoms with Crippen LogP contribution in [0.5, 0.6) is 5.75 Å². The number of thioether (sulfide) groups is 1. The third-order valence-electron chi connectivity index (χ3n) is 4.49. The molecule has 0 aliphatic heterocycles. The molecule has 3 N–H and O–H groups in total. The Morgan fingerprint density at radius 2 is 1.74 bits per heavy atom. The van der Waals surface area contributed by atoms with Crippen molar-refractivity contribution in [3.8, 4) is 5.75 Å². The zero-order chi connectivity index (χ0) is 24.5. The number of hydrogen-bond acceptors (Lipinski definition) is 5. The number of carboxylic acid groups (broad SMARTS) is 1. The Labute approximate surface area is 205 Å². The minimum Gasteiger partial charge on any atom is -0.495 e. The Kier molecular flexibility index (Phi) is 8.73. The monoisotopic (exact) mass is 496 g/mol. The summed E-state index contributed by atoms with van der Waals surface area (Å²) in [5.41, 5.74) is 1.70. The minimum absolute atomic E-state index is 0.282. The van der Waals surface area contributed by atoms with Crippen molar-refractivity contribution in [1.29, 1.82) is 0 Å². The maximum Gasteiger partial charge on any atom is 0.328 e. The molecule has 3 aromatic rings. The van der Waals surface area contributed by atoms with Crippen LogP contribution in [0.1, 0.15) is 10.8 Å². The number of amides is 2. The summed E-state index contributed by atoms with van der Waals surface area (Å²) in [6, 6.07) is 21.2. The molecule has 3 rings (SSSR count). The van der Waals surface area contributed by atoms with Crippen molar-refractivity contribution in [2.24, 2.45) is 0 Å². The molecule has 0 spiro atoms. The number of rotatable bonds is 9. The molecule has 7 nitrogen and oxygen atoms in total. The summed E-state index contributed by atoms with van der Waals surface area (Å²) in [4.78, 5) is 36.6. The molecular formula is C25H21ClN2O5S. The molecule has 0 aliphatic carbocycles. The van der Waals surface area contributed by atoms with Gasteiger partial charge in [0.1, 0.15) is 11.0 Å². The standard InChI is InChI=1S/C25H21ClN2O5S/c1-33-21-11-10-17(26)14-20(21)28-25(32)24(16-6-3-2-4-7-16)34-19-9-5-8-18(15-19)27-22(29)12-13-23(30)31/h2-15,24H,1H3,(H,27,29)(H,28,32)(H,30,31)/b13-12+.